The molecule has 1 aliphatic rings. The van der Waals surface area contributed by atoms with Crippen LogP contribution < -0.4 is 15.0 Å². The van der Waals surface area contributed by atoms with Crippen LogP contribution in [0.1, 0.15) is 16.8 Å². The van der Waals surface area contributed by atoms with Crippen LogP contribution in [0.2, 0.25) is 0 Å². The molecule has 0 radical (unpaired) electrons. The normalized spacial score (nSPS) is 13.3. The van der Waals surface area contributed by atoms with Gasteiger partial charge in [0.15, 0.2) is 11.5 Å². The van der Waals surface area contributed by atoms with Crippen molar-refractivity contribution in [3.63, 3.8) is 0 Å². The lowest BCUT2D eigenvalue weighted by Gasteiger charge is -2.29. The summed E-state index contributed by atoms with van der Waals surface area (Å²) in [5.74, 6) is 1.20. The number of nitrogens with zero attached hydrogens (tertiary/aromatic N) is 3. The molecule has 0 atom stereocenters. The molecule has 0 aliphatic carbocycles. The Labute approximate surface area is 168 Å². The van der Waals surface area contributed by atoms with E-state index in [-0.39, 0.29) is 18.0 Å². The first-order valence-electron chi connectivity index (χ1n) is 9.50. The lowest BCUT2D eigenvalue weighted by molar-refractivity contribution is -0.133. The second-order valence-corrected chi connectivity index (χ2v) is 7.13. The Hall–Kier alpha value is -3.35. The summed E-state index contributed by atoms with van der Waals surface area (Å²) in [6.07, 6.45) is 0.723. The summed E-state index contributed by atoms with van der Waals surface area (Å²) in [6.45, 7) is 2.82. The minimum absolute atomic E-state index is 0.0763. The molecule has 0 spiro atoms. The lowest BCUT2D eigenvalue weighted by Crippen LogP contribution is -2.40. The van der Waals surface area contributed by atoms with E-state index < -0.39 is 0 Å². The molecule has 0 N–H and O–H groups in total. The van der Waals surface area contributed by atoms with Crippen molar-refractivity contribution >= 4 is 16.7 Å². The highest BCUT2D eigenvalue weighted by molar-refractivity contribution is 5.83. The predicted molar refractivity (Wildman–Crippen MR) is 109 cm³/mol. The van der Waals surface area contributed by atoms with Crippen LogP contribution in [-0.4, -0.2) is 41.4 Å². The molecule has 1 amide bonds. The highest BCUT2D eigenvalue weighted by atomic mass is 16.5. The van der Waals surface area contributed by atoms with Crippen molar-refractivity contribution in [3.05, 3.63) is 63.6 Å². The van der Waals surface area contributed by atoms with Crippen molar-refractivity contribution in [1.29, 1.82) is 0 Å². The number of aromatic nitrogens is 2. The van der Waals surface area contributed by atoms with Crippen LogP contribution in [0.3, 0.4) is 0 Å². The number of carbonyl (C=O) groups excluding carboxylic acids is 1. The fourth-order valence-electron chi connectivity index (χ4n) is 3.84. The highest BCUT2D eigenvalue weighted by Crippen LogP contribution is 2.33. The average Bonchev–Trinajstić information content (AvgIpc) is 2.75. The number of fused-ring (bicyclic) bond motifs is 2. The number of carbonyl (C=O) groups is 1. The van der Waals surface area contributed by atoms with Crippen LogP contribution in [0.15, 0.2) is 41.2 Å². The molecule has 0 saturated heterocycles. The third kappa shape index (κ3) is 3.44. The number of methoxy groups -OCH3 is 2. The summed E-state index contributed by atoms with van der Waals surface area (Å²) in [7, 11) is 3.20. The molecular formula is C22H23N3O4. The number of hydrogen-bond acceptors (Lipinski definition) is 5. The van der Waals surface area contributed by atoms with Crippen molar-refractivity contribution < 1.29 is 14.3 Å². The summed E-state index contributed by atoms with van der Waals surface area (Å²) >= 11 is 0. The number of ether oxygens (including phenoxy) is 2. The van der Waals surface area contributed by atoms with Gasteiger partial charge in [0.1, 0.15) is 6.54 Å². The zero-order valence-electron chi connectivity index (χ0n) is 16.8. The number of amides is 1. The van der Waals surface area contributed by atoms with Crippen molar-refractivity contribution in [3.8, 4) is 11.5 Å². The molecule has 2 aromatic carbocycles. The predicted octanol–water partition coefficient (Wildman–Crippen LogP) is 2.31. The van der Waals surface area contributed by atoms with Crippen molar-refractivity contribution in [1.82, 2.24) is 14.7 Å². The molecule has 0 bridgehead atoms. The van der Waals surface area contributed by atoms with Crippen LogP contribution >= 0.6 is 0 Å². The topological polar surface area (TPSA) is 73.7 Å². The summed E-state index contributed by atoms with van der Waals surface area (Å²) in [5, 5.41) is 5.74. The Morgan fingerprint density at radius 2 is 1.72 bits per heavy atom. The largest absolute Gasteiger partial charge is 0.493 e. The van der Waals surface area contributed by atoms with E-state index in [1.807, 2.05) is 37.3 Å². The van der Waals surface area contributed by atoms with Gasteiger partial charge in [0.2, 0.25) is 5.91 Å². The van der Waals surface area contributed by atoms with E-state index in [4.69, 9.17) is 9.47 Å². The molecule has 7 heteroatoms. The fourth-order valence-corrected chi connectivity index (χ4v) is 3.84. The number of aryl methyl sites for hydroxylation is 1. The van der Waals surface area contributed by atoms with E-state index in [0.717, 1.165) is 28.6 Å². The van der Waals surface area contributed by atoms with Crippen molar-refractivity contribution in [2.45, 2.75) is 26.4 Å². The fraction of sp³-hybridized carbons (Fsp3) is 0.318. The van der Waals surface area contributed by atoms with Crippen LogP contribution in [0.25, 0.3) is 10.8 Å². The average molecular weight is 393 g/mol. The van der Waals surface area contributed by atoms with Crippen LogP contribution in [-0.2, 0) is 24.3 Å². The monoisotopic (exact) mass is 393 g/mol. The summed E-state index contributed by atoms with van der Waals surface area (Å²) in [6, 6.07) is 11.2. The molecule has 1 aromatic heterocycles. The minimum Gasteiger partial charge on any atom is -0.493 e. The maximum atomic E-state index is 12.9. The summed E-state index contributed by atoms with van der Waals surface area (Å²) < 4.78 is 12.0. The molecule has 7 nitrogen and oxygen atoms in total. The molecule has 0 saturated carbocycles. The van der Waals surface area contributed by atoms with Gasteiger partial charge in [-0.25, -0.2) is 4.68 Å². The molecule has 0 unspecified atom stereocenters. The van der Waals surface area contributed by atoms with Gasteiger partial charge in [0.25, 0.3) is 5.56 Å². The van der Waals surface area contributed by atoms with Gasteiger partial charge >= 0.3 is 0 Å². The molecule has 4 rings (SSSR count). The summed E-state index contributed by atoms with van der Waals surface area (Å²) in [5.41, 5.74) is 2.65. The first-order chi connectivity index (χ1) is 14.0. The van der Waals surface area contributed by atoms with E-state index >= 15 is 0 Å². The Morgan fingerprint density at radius 1 is 1.07 bits per heavy atom. The van der Waals surface area contributed by atoms with E-state index in [2.05, 4.69) is 5.10 Å². The third-order valence-corrected chi connectivity index (χ3v) is 5.41. The molecule has 1 aliphatic heterocycles. The zero-order chi connectivity index (χ0) is 20.5. The third-order valence-electron chi connectivity index (χ3n) is 5.41. The maximum Gasteiger partial charge on any atom is 0.275 e. The molecule has 3 aromatic rings. The maximum absolute atomic E-state index is 12.9. The SMILES string of the molecule is COc1cc2c(cc1OC)CN(C(=O)Cn1nc(C)c3ccccc3c1=O)CC2. The van der Waals surface area contributed by atoms with Gasteiger partial charge in [-0.05, 0) is 42.7 Å². The molecule has 0 fully saturated rings. The lowest BCUT2D eigenvalue weighted by atomic mass is 9.98. The van der Waals surface area contributed by atoms with E-state index in [1.165, 1.54) is 4.68 Å². The van der Waals surface area contributed by atoms with Crippen molar-refractivity contribution in [2.24, 2.45) is 0 Å². The van der Waals surface area contributed by atoms with Gasteiger partial charge in [0, 0.05) is 18.5 Å². The molecular weight excluding hydrogens is 370 g/mol. The summed E-state index contributed by atoms with van der Waals surface area (Å²) in [4.78, 5) is 27.4. The van der Waals surface area contributed by atoms with Gasteiger partial charge in [-0.15, -0.1) is 0 Å². The van der Waals surface area contributed by atoms with Crippen LogP contribution in [0.5, 0.6) is 11.5 Å². The first kappa shape index (κ1) is 19.0. The van der Waals surface area contributed by atoms with Gasteiger partial charge in [0.05, 0.1) is 25.3 Å². The Morgan fingerprint density at radius 3 is 2.41 bits per heavy atom. The second kappa shape index (κ2) is 7.58. The minimum atomic E-state index is -0.247. The number of benzene rings is 2. The van der Waals surface area contributed by atoms with E-state index in [0.29, 0.717) is 30.0 Å². The Kier molecular flexibility index (Phi) is 4.96. The molecule has 150 valence electrons. The quantitative estimate of drug-likeness (QED) is 0.680. The Bertz CT molecular complexity index is 1150. The van der Waals surface area contributed by atoms with Gasteiger partial charge in [-0.2, -0.15) is 5.10 Å². The molecule has 2 heterocycles. The van der Waals surface area contributed by atoms with Gasteiger partial charge in [-0.1, -0.05) is 18.2 Å². The Balaban J connectivity index is 1.58. The number of rotatable bonds is 4. The second-order valence-electron chi connectivity index (χ2n) is 7.13. The van der Waals surface area contributed by atoms with E-state index in [9.17, 15) is 9.59 Å². The van der Waals surface area contributed by atoms with Crippen molar-refractivity contribution in [2.75, 3.05) is 20.8 Å². The zero-order valence-corrected chi connectivity index (χ0v) is 16.8. The van der Waals surface area contributed by atoms with Gasteiger partial charge in [-0.3, -0.25) is 9.59 Å². The van der Waals surface area contributed by atoms with Crippen LogP contribution in [0, 0.1) is 6.92 Å². The smallest absolute Gasteiger partial charge is 0.275 e. The van der Waals surface area contributed by atoms with E-state index in [1.54, 1.807) is 25.2 Å². The van der Waals surface area contributed by atoms with Gasteiger partial charge < -0.3 is 14.4 Å². The van der Waals surface area contributed by atoms with Crippen LogP contribution in [0.4, 0.5) is 0 Å². The number of hydrogen-bond donors (Lipinski definition) is 0. The molecule has 29 heavy (non-hydrogen) atoms. The highest BCUT2D eigenvalue weighted by Gasteiger charge is 2.24. The standard InChI is InChI=1S/C22H23N3O4/c1-14-17-6-4-5-7-18(17)22(27)25(23-14)13-21(26)24-9-8-15-10-19(28-2)20(29-3)11-16(15)12-24/h4-7,10-11H,8-9,12-13H2,1-3H3. The first-order valence-corrected chi connectivity index (χ1v) is 9.50.